The molecule has 0 aliphatic heterocycles. The molecule has 0 aromatic heterocycles. The van der Waals surface area contributed by atoms with Crippen LogP contribution in [0.2, 0.25) is 0 Å². The van der Waals surface area contributed by atoms with Gasteiger partial charge in [0.15, 0.2) is 0 Å². The smallest absolute Gasteiger partial charge is 0.0648 e. The molecule has 1 heteroatoms. The van der Waals surface area contributed by atoms with Gasteiger partial charge in [-0.05, 0) is 165 Å². The molecule has 6 aliphatic carbocycles. The Bertz CT molecular complexity index is 2790. The number of hydrogen-bond acceptors (Lipinski definition) is 1. The molecule has 0 N–H and O–H groups in total. The third-order valence-electron chi connectivity index (χ3n) is 14.5. The second-order valence-corrected chi connectivity index (χ2v) is 18.3. The maximum absolute atomic E-state index is 10.6. The highest BCUT2D eigenvalue weighted by molar-refractivity contribution is 5.97. The molecule has 1 spiro atoms. The van der Waals surface area contributed by atoms with Gasteiger partial charge in [-0.2, -0.15) is 0 Å². The standard InChI is InChI=1S/C52H51N/c1-50(2)25-26-51(3,4)49-46(50)17-10-18-48(49)53(39-21-19-36(20-22-39)42-15-9-12-35-11-5-6-13-41(35)42)40-23-24-44-43-14-7-8-16-45(43)52(47(44)32-40)37-28-33-27-34(30-37)31-38(52)29-33/h5-24,32-34,37-38H,25-31H2,1-4H3/i7D,8D,14D,16D,23D,24D,32D. The van der Waals surface area contributed by atoms with Gasteiger partial charge in [-0.1, -0.05) is 125 Å². The Morgan fingerprint density at radius 2 is 1.25 bits per heavy atom. The minimum absolute atomic E-state index is 0.0384. The van der Waals surface area contributed by atoms with Gasteiger partial charge in [0.2, 0.25) is 0 Å². The van der Waals surface area contributed by atoms with Crippen LogP contribution in [0.25, 0.3) is 33.0 Å². The third-order valence-corrected chi connectivity index (χ3v) is 14.5. The number of rotatable bonds is 4. The van der Waals surface area contributed by atoms with E-state index >= 15 is 0 Å². The zero-order chi connectivity index (χ0) is 41.8. The fourth-order valence-corrected chi connectivity index (χ4v) is 12.2. The van der Waals surface area contributed by atoms with Gasteiger partial charge in [-0.25, -0.2) is 0 Å². The lowest BCUT2D eigenvalue weighted by Gasteiger charge is -2.61. The topological polar surface area (TPSA) is 3.24 Å². The van der Waals surface area contributed by atoms with Gasteiger partial charge in [-0.15, -0.1) is 0 Å². The average Bonchev–Trinajstić information content (AvgIpc) is 3.56. The lowest BCUT2D eigenvalue weighted by molar-refractivity contribution is -0.0399. The Labute approximate surface area is 325 Å². The molecule has 6 aromatic rings. The summed E-state index contributed by atoms with van der Waals surface area (Å²) in [5.74, 6) is 1.33. The molecule has 6 aromatic carbocycles. The van der Waals surface area contributed by atoms with Gasteiger partial charge in [0.05, 0.1) is 15.3 Å². The molecule has 264 valence electrons. The quantitative estimate of drug-likeness (QED) is 0.177. The van der Waals surface area contributed by atoms with Crippen LogP contribution in [0.4, 0.5) is 17.1 Å². The first kappa shape index (κ1) is 25.4. The molecule has 0 atom stereocenters. The summed E-state index contributed by atoms with van der Waals surface area (Å²) in [6.45, 7) is 9.22. The van der Waals surface area contributed by atoms with E-state index in [9.17, 15) is 6.85 Å². The molecular formula is C52H51N. The maximum atomic E-state index is 10.6. The van der Waals surface area contributed by atoms with Gasteiger partial charge in [-0.3, -0.25) is 0 Å². The summed E-state index contributed by atoms with van der Waals surface area (Å²) in [4.78, 5) is 2.10. The highest BCUT2D eigenvalue weighted by Crippen LogP contribution is 2.69. The molecule has 0 heterocycles. The van der Waals surface area contributed by atoms with E-state index in [1.54, 1.807) is 0 Å². The molecule has 1 nitrogen and oxygen atoms in total. The first-order valence-electron chi connectivity index (χ1n) is 23.4. The van der Waals surface area contributed by atoms with Gasteiger partial charge in [0.1, 0.15) is 0 Å². The van der Waals surface area contributed by atoms with E-state index in [4.69, 9.17) is 2.74 Å². The van der Waals surface area contributed by atoms with E-state index in [1.165, 1.54) is 28.3 Å². The summed E-state index contributed by atoms with van der Waals surface area (Å²) in [5.41, 5.74) is 7.52. The number of nitrogens with zero attached hydrogens (tertiary/aromatic N) is 1. The highest BCUT2D eigenvalue weighted by atomic mass is 15.1. The molecule has 0 amide bonds. The lowest BCUT2D eigenvalue weighted by atomic mass is 9.43. The number of benzene rings is 6. The normalized spacial score (nSPS) is 28.6. The number of anilines is 3. The zero-order valence-corrected chi connectivity index (χ0v) is 31.3. The van der Waals surface area contributed by atoms with Crippen molar-refractivity contribution in [3.05, 3.63) is 149 Å². The van der Waals surface area contributed by atoms with Crippen molar-refractivity contribution in [2.45, 2.75) is 88.9 Å². The fourth-order valence-electron chi connectivity index (χ4n) is 12.2. The van der Waals surface area contributed by atoms with E-state index < -0.39 is 5.41 Å². The van der Waals surface area contributed by atoms with Crippen LogP contribution < -0.4 is 4.90 Å². The largest absolute Gasteiger partial charge is 0.310 e. The van der Waals surface area contributed by atoms with Crippen LogP contribution in [0.5, 0.6) is 0 Å². The van der Waals surface area contributed by atoms with Gasteiger partial charge in [0, 0.05) is 16.8 Å². The summed E-state index contributed by atoms with van der Waals surface area (Å²) >= 11 is 0. The van der Waals surface area contributed by atoms with E-state index in [1.807, 2.05) is 0 Å². The summed E-state index contributed by atoms with van der Waals surface area (Å²) in [6, 6.07) is 29.0. The van der Waals surface area contributed by atoms with Crippen molar-refractivity contribution in [3.63, 3.8) is 0 Å². The lowest BCUT2D eigenvalue weighted by Crippen LogP contribution is -2.55. The summed E-state index contributed by atoms with van der Waals surface area (Å²) in [5, 5.41) is 2.33. The van der Waals surface area contributed by atoms with Crippen LogP contribution in [0.3, 0.4) is 0 Å². The second kappa shape index (κ2) is 11.2. The molecule has 6 aliphatic rings. The van der Waals surface area contributed by atoms with Gasteiger partial charge in [0.25, 0.3) is 0 Å². The molecule has 0 unspecified atom stereocenters. The van der Waals surface area contributed by atoms with Crippen molar-refractivity contribution >= 4 is 27.8 Å². The van der Waals surface area contributed by atoms with Crippen molar-refractivity contribution in [2.75, 3.05) is 4.90 Å². The number of fused-ring (bicyclic) bond motifs is 5. The van der Waals surface area contributed by atoms with Crippen molar-refractivity contribution in [2.24, 2.45) is 23.7 Å². The summed E-state index contributed by atoms with van der Waals surface area (Å²) in [7, 11) is 0. The fraction of sp³-hybridized carbons (Fsp3) is 0.346. The average molecular weight is 697 g/mol. The first-order chi connectivity index (χ1) is 28.6. The van der Waals surface area contributed by atoms with Crippen molar-refractivity contribution < 1.29 is 9.60 Å². The predicted octanol–water partition coefficient (Wildman–Crippen LogP) is 14.0. The zero-order valence-electron chi connectivity index (χ0n) is 38.3. The molecule has 53 heavy (non-hydrogen) atoms. The molecule has 12 rings (SSSR count). The van der Waals surface area contributed by atoms with Crippen LogP contribution >= 0.6 is 0 Å². The van der Waals surface area contributed by atoms with Crippen LogP contribution in [-0.2, 0) is 16.2 Å². The molecule has 4 fully saturated rings. The Morgan fingerprint density at radius 1 is 0.566 bits per heavy atom. The highest BCUT2D eigenvalue weighted by Gasteiger charge is 2.61. The second-order valence-electron chi connectivity index (χ2n) is 18.3. The monoisotopic (exact) mass is 696 g/mol. The SMILES string of the molecule is [2H]c1c([2H])c([2H])c2c(c1[2H])-c1c([2H])c([2H])c(N(c3ccc(-c4cccc5ccccc45)cc3)c3cccc4c3C(C)(C)CCC4(C)C)c([2H])c1C21C2CC3CC(C2)CC1C3. The van der Waals surface area contributed by atoms with E-state index in [-0.39, 0.29) is 65.0 Å². The Morgan fingerprint density at radius 3 is 2.04 bits per heavy atom. The molecule has 0 saturated heterocycles. The molecule has 4 bridgehead atoms. The third kappa shape index (κ3) is 4.49. The van der Waals surface area contributed by atoms with Gasteiger partial charge < -0.3 is 4.90 Å². The molecule has 4 saturated carbocycles. The van der Waals surface area contributed by atoms with Crippen molar-refractivity contribution in [1.82, 2.24) is 0 Å². The van der Waals surface area contributed by atoms with E-state index in [0.29, 0.717) is 39.8 Å². The maximum Gasteiger partial charge on any atom is 0.0648 e. The van der Waals surface area contributed by atoms with Crippen LogP contribution in [0.15, 0.2) is 127 Å². The Hall–Kier alpha value is -4.62. The minimum Gasteiger partial charge on any atom is -0.310 e. The van der Waals surface area contributed by atoms with Crippen LogP contribution in [0.1, 0.15) is 104 Å². The number of hydrogen-bond donors (Lipinski definition) is 0. The van der Waals surface area contributed by atoms with Crippen LogP contribution in [-0.4, -0.2) is 0 Å². The van der Waals surface area contributed by atoms with E-state index in [2.05, 4.69) is 118 Å². The van der Waals surface area contributed by atoms with Gasteiger partial charge >= 0.3 is 0 Å². The predicted molar refractivity (Wildman–Crippen MR) is 223 cm³/mol. The van der Waals surface area contributed by atoms with Crippen molar-refractivity contribution in [3.8, 4) is 22.3 Å². The summed E-state index contributed by atoms with van der Waals surface area (Å²) < 4.78 is 67.4. The van der Waals surface area contributed by atoms with E-state index in [0.717, 1.165) is 61.0 Å². The Balaban J connectivity index is 1.22. The minimum atomic E-state index is -0.828. The Kier molecular flexibility index (Phi) is 5.37. The molecular weight excluding hydrogens is 639 g/mol. The summed E-state index contributed by atoms with van der Waals surface area (Å²) in [6.07, 6.45) is 7.02. The van der Waals surface area contributed by atoms with Crippen molar-refractivity contribution in [1.29, 1.82) is 0 Å². The first-order valence-corrected chi connectivity index (χ1v) is 19.9. The van der Waals surface area contributed by atoms with Crippen LogP contribution in [0, 0.1) is 23.7 Å². The molecule has 0 radical (unpaired) electrons.